The first-order chi connectivity index (χ1) is 12.3. The van der Waals surface area contributed by atoms with Crippen molar-refractivity contribution in [2.75, 3.05) is 13.2 Å². The molecule has 26 heavy (non-hydrogen) atoms. The Labute approximate surface area is 147 Å². The summed E-state index contributed by atoms with van der Waals surface area (Å²) in [4.78, 5) is 12.2. The lowest BCUT2D eigenvalue weighted by Crippen LogP contribution is -2.54. The highest BCUT2D eigenvalue weighted by atomic mass is 19.4. The second kappa shape index (κ2) is 6.87. The van der Waals surface area contributed by atoms with Crippen molar-refractivity contribution < 1.29 is 32.5 Å². The summed E-state index contributed by atoms with van der Waals surface area (Å²) in [6.45, 7) is -1.18. The number of fused-ring (bicyclic) bond motifs is 1. The number of hydrogen-bond acceptors (Lipinski definition) is 4. The number of nitrogens with one attached hydrogen (secondary N) is 1. The topological polar surface area (TPSA) is 67.8 Å². The summed E-state index contributed by atoms with van der Waals surface area (Å²) in [6.07, 6.45) is -6.09. The number of benzene rings is 2. The normalized spacial score (nSPS) is 18.7. The van der Waals surface area contributed by atoms with Crippen LogP contribution in [0.5, 0.6) is 11.5 Å². The largest absolute Gasteiger partial charge is 0.485 e. The van der Waals surface area contributed by atoms with Crippen LogP contribution < -0.4 is 14.8 Å². The summed E-state index contributed by atoms with van der Waals surface area (Å²) in [6, 6.07) is 13.2. The zero-order valence-electron chi connectivity index (χ0n) is 13.5. The number of alkyl halides is 3. The average Bonchev–Trinajstić information content (AvgIpc) is 2.65. The Bertz CT molecular complexity index is 782. The van der Waals surface area contributed by atoms with Crippen molar-refractivity contribution in [1.29, 1.82) is 0 Å². The smallest absolute Gasteiger partial charge is 0.423 e. The standard InChI is InChI=1S/C18H16F3NO4/c19-18(20,21)17(24,12-6-2-1-3-7-12)11-22-16(23)15-10-25-13-8-4-5-9-14(13)26-15/h1-9,15,24H,10-11H2,(H,22,23)/t15-,17+/m0/s1. The molecule has 2 N–H and O–H groups in total. The van der Waals surface area contributed by atoms with Crippen LogP contribution in [-0.4, -0.2) is 36.4 Å². The predicted molar refractivity (Wildman–Crippen MR) is 85.8 cm³/mol. The number of amides is 1. The Morgan fingerprint density at radius 2 is 1.69 bits per heavy atom. The van der Waals surface area contributed by atoms with Crippen LogP contribution >= 0.6 is 0 Å². The monoisotopic (exact) mass is 367 g/mol. The van der Waals surface area contributed by atoms with Gasteiger partial charge in [-0.3, -0.25) is 4.79 Å². The molecule has 1 amide bonds. The number of hydrogen-bond donors (Lipinski definition) is 2. The lowest BCUT2D eigenvalue weighted by atomic mass is 9.93. The maximum Gasteiger partial charge on any atom is 0.423 e. The van der Waals surface area contributed by atoms with Crippen LogP contribution in [0.2, 0.25) is 0 Å². The molecule has 5 nitrogen and oxygen atoms in total. The molecule has 0 unspecified atom stereocenters. The highest BCUT2D eigenvalue weighted by Gasteiger charge is 2.55. The molecule has 1 heterocycles. The van der Waals surface area contributed by atoms with Crippen LogP contribution in [0.25, 0.3) is 0 Å². The number of halogens is 3. The summed E-state index contributed by atoms with van der Waals surface area (Å²) in [5, 5.41) is 12.3. The lowest BCUT2D eigenvalue weighted by Gasteiger charge is -2.32. The van der Waals surface area contributed by atoms with E-state index in [2.05, 4.69) is 5.32 Å². The van der Waals surface area contributed by atoms with Crippen molar-refractivity contribution in [2.45, 2.75) is 17.9 Å². The molecule has 0 spiro atoms. The van der Waals surface area contributed by atoms with Gasteiger partial charge in [0.05, 0.1) is 6.54 Å². The van der Waals surface area contributed by atoms with Gasteiger partial charge in [0.2, 0.25) is 11.7 Å². The number of aliphatic hydroxyl groups is 1. The van der Waals surface area contributed by atoms with E-state index in [1.165, 1.54) is 18.2 Å². The third-order valence-electron chi connectivity index (χ3n) is 4.04. The Hall–Kier alpha value is -2.74. The van der Waals surface area contributed by atoms with Crippen LogP contribution in [0, 0.1) is 0 Å². The first-order valence-corrected chi connectivity index (χ1v) is 7.82. The fourth-order valence-corrected chi connectivity index (χ4v) is 2.56. The first-order valence-electron chi connectivity index (χ1n) is 7.82. The molecule has 1 aliphatic rings. The molecular formula is C18H16F3NO4. The molecule has 0 saturated heterocycles. The van der Waals surface area contributed by atoms with Gasteiger partial charge in [0.25, 0.3) is 5.91 Å². The van der Waals surface area contributed by atoms with E-state index in [4.69, 9.17) is 9.47 Å². The summed E-state index contributed by atoms with van der Waals surface area (Å²) in [7, 11) is 0. The van der Waals surface area contributed by atoms with Crippen LogP contribution in [0.15, 0.2) is 54.6 Å². The van der Waals surface area contributed by atoms with Gasteiger partial charge in [-0.25, -0.2) is 0 Å². The molecule has 3 rings (SSSR count). The van der Waals surface area contributed by atoms with E-state index in [-0.39, 0.29) is 12.2 Å². The molecule has 1 aliphatic heterocycles. The highest BCUT2D eigenvalue weighted by molar-refractivity contribution is 5.81. The number of carbonyl (C=O) groups is 1. The van der Waals surface area contributed by atoms with Crippen molar-refractivity contribution >= 4 is 5.91 Å². The van der Waals surface area contributed by atoms with Crippen molar-refractivity contribution in [1.82, 2.24) is 5.32 Å². The minimum atomic E-state index is -4.97. The second-order valence-electron chi connectivity index (χ2n) is 5.81. The van der Waals surface area contributed by atoms with E-state index in [0.717, 1.165) is 12.1 Å². The van der Waals surface area contributed by atoms with Crippen molar-refractivity contribution in [3.8, 4) is 11.5 Å². The zero-order chi connectivity index (χ0) is 18.8. The van der Waals surface area contributed by atoms with Gasteiger partial charge >= 0.3 is 6.18 Å². The number of carbonyl (C=O) groups excluding carboxylic acids is 1. The van der Waals surface area contributed by atoms with Gasteiger partial charge in [-0.2, -0.15) is 13.2 Å². The SMILES string of the molecule is O=C(NC[C@@](O)(c1ccccc1)C(F)(F)F)[C@@H]1COc2ccccc2O1. The third-order valence-corrected chi connectivity index (χ3v) is 4.04. The van der Waals surface area contributed by atoms with E-state index in [9.17, 15) is 23.1 Å². The molecule has 0 aromatic heterocycles. The zero-order valence-corrected chi connectivity index (χ0v) is 13.5. The van der Waals surface area contributed by atoms with Gasteiger partial charge in [0.1, 0.15) is 6.61 Å². The molecular weight excluding hydrogens is 351 g/mol. The molecule has 0 fully saturated rings. The molecule has 0 saturated carbocycles. The van der Waals surface area contributed by atoms with Gasteiger partial charge < -0.3 is 19.9 Å². The van der Waals surface area contributed by atoms with Crippen molar-refractivity contribution in [2.24, 2.45) is 0 Å². The molecule has 2 aromatic rings. The summed E-state index contributed by atoms with van der Waals surface area (Å²) in [5.41, 5.74) is -3.57. The average molecular weight is 367 g/mol. The van der Waals surface area contributed by atoms with Crippen LogP contribution in [0.4, 0.5) is 13.2 Å². The molecule has 0 radical (unpaired) electrons. The van der Waals surface area contributed by atoms with E-state index in [1.807, 2.05) is 0 Å². The maximum absolute atomic E-state index is 13.4. The van der Waals surface area contributed by atoms with E-state index < -0.39 is 30.3 Å². The van der Waals surface area contributed by atoms with Crippen LogP contribution in [-0.2, 0) is 10.4 Å². The van der Waals surface area contributed by atoms with Crippen molar-refractivity contribution in [3.63, 3.8) is 0 Å². The Kier molecular flexibility index (Phi) is 4.78. The molecule has 0 aliphatic carbocycles. The van der Waals surface area contributed by atoms with E-state index in [0.29, 0.717) is 11.5 Å². The Morgan fingerprint density at radius 3 is 2.35 bits per heavy atom. The molecule has 2 atom stereocenters. The van der Waals surface area contributed by atoms with Crippen molar-refractivity contribution in [3.05, 3.63) is 60.2 Å². The van der Waals surface area contributed by atoms with Gasteiger partial charge in [-0.1, -0.05) is 42.5 Å². The van der Waals surface area contributed by atoms with Crippen LogP contribution in [0.1, 0.15) is 5.56 Å². The third kappa shape index (κ3) is 3.45. The minimum absolute atomic E-state index is 0.140. The number of rotatable bonds is 4. The van der Waals surface area contributed by atoms with E-state index in [1.54, 1.807) is 24.3 Å². The second-order valence-corrected chi connectivity index (χ2v) is 5.81. The fourth-order valence-electron chi connectivity index (χ4n) is 2.56. The lowest BCUT2D eigenvalue weighted by molar-refractivity contribution is -0.264. The highest BCUT2D eigenvalue weighted by Crippen LogP contribution is 2.38. The van der Waals surface area contributed by atoms with Crippen LogP contribution in [0.3, 0.4) is 0 Å². The first kappa shape index (κ1) is 18.1. The number of ether oxygens (including phenoxy) is 2. The summed E-state index contributed by atoms with van der Waals surface area (Å²) >= 11 is 0. The van der Waals surface area contributed by atoms with Gasteiger partial charge in [-0.05, 0) is 17.7 Å². The summed E-state index contributed by atoms with van der Waals surface area (Å²) in [5.74, 6) is -0.0289. The molecule has 8 heteroatoms. The quantitative estimate of drug-likeness (QED) is 0.871. The maximum atomic E-state index is 13.4. The number of para-hydroxylation sites is 2. The fraction of sp³-hybridized carbons (Fsp3) is 0.278. The molecule has 138 valence electrons. The molecule has 2 aromatic carbocycles. The summed E-state index contributed by atoms with van der Waals surface area (Å²) < 4.78 is 51.1. The molecule has 0 bridgehead atoms. The predicted octanol–water partition coefficient (Wildman–Crippen LogP) is 2.39. The Balaban J connectivity index is 1.71. The van der Waals surface area contributed by atoms with Gasteiger partial charge in [0, 0.05) is 0 Å². The minimum Gasteiger partial charge on any atom is -0.485 e. The van der Waals surface area contributed by atoms with Gasteiger partial charge in [-0.15, -0.1) is 0 Å². The van der Waals surface area contributed by atoms with Gasteiger partial charge in [0.15, 0.2) is 11.5 Å². The Morgan fingerprint density at radius 1 is 1.08 bits per heavy atom. The van der Waals surface area contributed by atoms with E-state index >= 15 is 0 Å².